The van der Waals surface area contributed by atoms with Gasteiger partial charge in [0.05, 0.1) is 0 Å². The topological polar surface area (TPSA) is 47.3 Å². The van der Waals surface area contributed by atoms with Gasteiger partial charge in [-0.25, -0.2) is 8.78 Å². The number of halogens is 2. The van der Waals surface area contributed by atoms with E-state index in [0.717, 1.165) is 0 Å². The van der Waals surface area contributed by atoms with E-state index in [1.807, 2.05) is 0 Å². The summed E-state index contributed by atoms with van der Waals surface area (Å²) < 4.78 is 32.5. The fourth-order valence-electron chi connectivity index (χ4n) is 3.63. The Labute approximate surface area is 163 Å². The Morgan fingerprint density at radius 1 is 0.793 bits per heavy atom. The maximum absolute atomic E-state index is 13.3. The molecule has 140 valence electrons. The summed E-state index contributed by atoms with van der Waals surface area (Å²) in [5, 5.41) is 0.546. The summed E-state index contributed by atoms with van der Waals surface area (Å²) >= 11 is 0. The summed E-state index contributed by atoms with van der Waals surface area (Å²) in [6.45, 7) is 0. The highest BCUT2D eigenvalue weighted by Gasteiger charge is 2.28. The SMILES string of the molecule is O=C(c1ccc(F)cc1)c1ccc2oc(-c3ccc(F)cc3)c3c2c1C(=O)C=C3. The molecule has 0 spiro atoms. The summed E-state index contributed by atoms with van der Waals surface area (Å²) in [6.07, 6.45) is 3.03. The molecule has 0 N–H and O–H groups in total. The van der Waals surface area contributed by atoms with Crippen LogP contribution >= 0.6 is 0 Å². The van der Waals surface area contributed by atoms with E-state index in [1.54, 1.807) is 30.3 Å². The van der Waals surface area contributed by atoms with Gasteiger partial charge in [-0.1, -0.05) is 0 Å². The summed E-state index contributed by atoms with van der Waals surface area (Å²) in [4.78, 5) is 25.7. The van der Waals surface area contributed by atoms with E-state index in [2.05, 4.69) is 0 Å². The lowest BCUT2D eigenvalue weighted by atomic mass is 9.88. The number of ketones is 2. The summed E-state index contributed by atoms with van der Waals surface area (Å²) in [5.41, 5.74) is 2.55. The quantitative estimate of drug-likeness (QED) is 0.417. The Balaban J connectivity index is 1.73. The van der Waals surface area contributed by atoms with Gasteiger partial charge in [0.2, 0.25) is 0 Å². The largest absolute Gasteiger partial charge is 0.455 e. The van der Waals surface area contributed by atoms with Crippen molar-refractivity contribution < 1.29 is 22.8 Å². The first-order valence-corrected chi connectivity index (χ1v) is 8.91. The standard InChI is InChI=1S/C24H12F2O3/c25-15-5-1-13(2-6-15)23(28)17-10-12-20-22-18(9-11-19(27)21(17)22)24(29-20)14-3-7-16(26)8-4-14/h1-12H. The van der Waals surface area contributed by atoms with Crippen LogP contribution in [0.1, 0.15) is 31.8 Å². The summed E-state index contributed by atoms with van der Waals surface area (Å²) in [7, 11) is 0. The van der Waals surface area contributed by atoms with Crippen molar-refractivity contribution in [2.45, 2.75) is 0 Å². The average molecular weight is 386 g/mol. The van der Waals surface area contributed by atoms with Crippen LogP contribution in [0.5, 0.6) is 0 Å². The van der Waals surface area contributed by atoms with Gasteiger partial charge in [0.15, 0.2) is 11.6 Å². The molecule has 4 aromatic rings. The van der Waals surface area contributed by atoms with Crippen LogP contribution in [0.25, 0.3) is 28.4 Å². The molecule has 0 bridgehead atoms. The number of hydrogen-bond acceptors (Lipinski definition) is 3. The fraction of sp³-hybridized carbons (Fsp3) is 0. The zero-order valence-corrected chi connectivity index (χ0v) is 14.9. The summed E-state index contributed by atoms with van der Waals surface area (Å²) in [6, 6.07) is 14.2. The second-order valence-corrected chi connectivity index (χ2v) is 6.75. The Morgan fingerprint density at radius 3 is 2.14 bits per heavy atom. The van der Waals surface area contributed by atoms with Crippen molar-refractivity contribution in [3.05, 3.63) is 101 Å². The number of rotatable bonds is 3. The highest BCUT2D eigenvalue weighted by atomic mass is 19.1. The minimum atomic E-state index is -0.446. The van der Waals surface area contributed by atoms with E-state index < -0.39 is 5.82 Å². The lowest BCUT2D eigenvalue weighted by Gasteiger charge is -2.11. The minimum absolute atomic E-state index is 0.228. The number of hydrogen-bond donors (Lipinski definition) is 0. The molecule has 5 rings (SSSR count). The lowest BCUT2D eigenvalue weighted by molar-refractivity contribution is 0.101. The molecule has 0 atom stereocenters. The molecule has 29 heavy (non-hydrogen) atoms. The molecule has 0 aliphatic heterocycles. The molecule has 0 saturated carbocycles. The van der Waals surface area contributed by atoms with E-state index in [9.17, 15) is 18.4 Å². The first-order chi connectivity index (χ1) is 14.0. The zero-order valence-electron chi connectivity index (χ0n) is 14.9. The second-order valence-electron chi connectivity index (χ2n) is 6.75. The number of benzene rings is 3. The van der Waals surface area contributed by atoms with Crippen LogP contribution in [0.2, 0.25) is 0 Å². The number of carbonyl (C=O) groups excluding carboxylic acids is 2. The molecule has 1 heterocycles. The highest BCUT2D eigenvalue weighted by Crippen LogP contribution is 2.40. The molecule has 0 unspecified atom stereocenters. The predicted octanol–water partition coefficient (Wildman–Crippen LogP) is 5.82. The Kier molecular flexibility index (Phi) is 3.77. The molecule has 3 aromatic carbocycles. The predicted molar refractivity (Wildman–Crippen MR) is 105 cm³/mol. The van der Waals surface area contributed by atoms with Gasteiger partial charge in [-0.2, -0.15) is 0 Å². The second kappa shape index (κ2) is 6.34. The minimum Gasteiger partial charge on any atom is -0.455 e. The van der Waals surface area contributed by atoms with Crippen molar-refractivity contribution in [3.63, 3.8) is 0 Å². The number of furan rings is 1. The molecule has 1 aliphatic carbocycles. The van der Waals surface area contributed by atoms with Gasteiger partial charge in [-0.05, 0) is 72.8 Å². The maximum atomic E-state index is 13.3. The smallest absolute Gasteiger partial charge is 0.193 e. The average Bonchev–Trinajstić information content (AvgIpc) is 3.11. The van der Waals surface area contributed by atoms with Gasteiger partial charge >= 0.3 is 0 Å². The van der Waals surface area contributed by atoms with E-state index in [0.29, 0.717) is 27.9 Å². The molecular formula is C24H12F2O3. The van der Waals surface area contributed by atoms with Crippen molar-refractivity contribution in [2.75, 3.05) is 0 Å². The molecule has 1 aliphatic rings. The molecule has 0 radical (unpaired) electrons. The Morgan fingerprint density at radius 2 is 1.45 bits per heavy atom. The third-order valence-electron chi connectivity index (χ3n) is 5.00. The molecule has 5 heteroatoms. The molecule has 1 aromatic heterocycles. The van der Waals surface area contributed by atoms with Gasteiger partial charge in [0, 0.05) is 33.2 Å². The van der Waals surface area contributed by atoms with E-state index >= 15 is 0 Å². The van der Waals surface area contributed by atoms with Crippen molar-refractivity contribution in [2.24, 2.45) is 0 Å². The first-order valence-electron chi connectivity index (χ1n) is 8.91. The van der Waals surface area contributed by atoms with Crippen LogP contribution < -0.4 is 0 Å². The zero-order chi connectivity index (χ0) is 20.1. The molecule has 3 nitrogen and oxygen atoms in total. The fourth-order valence-corrected chi connectivity index (χ4v) is 3.63. The third kappa shape index (κ3) is 2.70. The van der Waals surface area contributed by atoms with Crippen molar-refractivity contribution in [3.8, 4) is 11.3 Å². The normalized spacial score (nSPS) is 12.6. The molecule has 0 fully saturated rings. The van der Waals surface area contributed by atoms with Gasteiger partial charge < -0.3 is 4.42 Å². The molecular weight excluding hydrogens is 374 g/mol. The maximum Gasteiger partial charge on any atom is 0.193 e. The van der Waals surface area contributed by atoms with Crippen molar-refractivity contribution in [1.29, 1.82) is 0 Å². The lowest BCUT2D eigenvalue weighted by Crippen LogP contribution is -2.11. The summed E-state index contributed by atoms with van der Waals surface area (Å²) in [5.74, 6) is -0.993. The monoisotopic (exact) mass is 386 g/mol. The van der Waals surface area contributed by atoms with Crippen LogP contribution in [-0.4, -0.2) is 11.6 Å². The van der Waals surface area contributed by atoms with Crippen LogP contribution in [0.3, 0.4) is 0 Å². The van der Waals surface area contributed by atoms with Crippen LogP contribution in [0.15, 0.2) is 71.2 Å². The molecule has 0 amide bonds. The Bertz CT molecular complexity index is 1330. The van der Waals surface area contributed by atoms with Crippen LogP contribution in [0.4, 0.5) is 8.78 Å². The first kappa shape index (κ1) is 17.3. The van der Waals surface area contributed by atoms with E-state index in [-0.39, 0.29) is 34.1 Å². The number of allylic oxidation sites excluding steroid dienone is 1. The Hall–Kier alpha value is -3.86. The van der Waals surface area contributed by atoms with Crippen molar-refractivity contribution >= 4 is 28.6 Å². The van der Waals surface area contributed by atoms with Gasteiger partial charge in [-0.3, -0.25) is 9.59 Å². The van der Waals surface area contributed by atoms with E-state index in [4.69, 9.17) is 4.42 Å². The van der Waals surface area contributed by atoms with Crippen LogP contribution in [-0.2, 0) is 0 Å². The van der Waals surface area contributed by atoms with Crippen molar-refractivity contribution in [1.82, 2.24) is 0 Å². The van der Waals surface area contributed by atoms with Crippen LogP contribution in [0, 0.1) is 11.6 Å². The van der Waals surface area contributed by atoms with E-state index in [1.165, 1.54) is 42.5 Å². The van der Waals surface area contributed by atoms with Gasteiger partial charge in [0.25, 0.3) is 0 Å². The molecule has 0 saturated heterocycles. The van der Waals surface area contributed by atoms with Gasteiger partial charge in [-0.15, -0.1) is 0 Å². The number of carbonyl (C=O) groups is 2. The van der Waals surface area contributed by atoms with Gasteiger partial charge in [0.1, 0.15) is 23.0 Å². The third-order valence-corrected chi connectivity index (χ3v) is 5.00. The highest BCUT2D eigenvalue weighted by molar-refractivity contribution is 6.27.